The Balaban J connectivity index is 2.03. The Morgan fingerprint density at radius 1 is 1.42 bits per heavy atom. The van der Waals surface area contributed by atoms with E-state index in [1.165, 1.54) is 6.07 Å². The summed E-state index contributed by atoms with van der Waals surface area (Å²) in [5, 5.41) is 3.41. The summed E-state index contributed by atoms with van der Waals surface area (Å²) in [6.45, 7) is 5.75. The molecule has 1 aromatic rings. The molecule has 1 saturated heterocycles. The summed E-state index contributed by atoms with van der Waals surface area (Å²) in [4.78, 5) is 16.7. The Morgan fingerprint density at radius 2 is 2.21 bits per heavy atom. The minimum atomic E-state index is -0.344. The second kappa shape index (κ2) is 9.25. The molecule has 1 atom stereocenters. The lowest BCUT2D eigenvalue weighted by molar-refractivity contribution is 0.0960. The van der Waals surface area contributed by atoms with Gasteiger partial charge in [-0.2, -0.15) is 0 Å². The molecule has 132 valence electrons. The van der Waals surface area contributed by atoms with Gasteiger partial charge in [0.25, 0.3) is 11.9 Å². The Kier molecular flexibility index (Phi) is 7.34. The van der Waals surface area contributed by atoms with E-state index in [-0.39, 0.29) is 18.0 Å². The van der Waals surface area contributed by atoms with E-state index in [0.29, 0.717) is 34.7 Å². The average Bonchev–Trinajstić information content (AvgIpc) is 3.05. The van der Waals surface area contributed by atoms with Crippen LogP contribution in [0, 0.1) is 5.92 Å². The van der Waals surface area contributed by atoms with Crippen molar-refractivity contribution in [2.45, 2.75) is 32.8 Å². The Hall–Kier alpha value is -1.30. The molecule has 0 saturated carbocycles. The third kappa shape index (κ3) is 5.96. The van der Waals surface area contributed by atoms with E-state index in [9.17, 15) is 4.79 Å². The highest BCUT2D eigenvalue weighted by Crippen LogP contribution is 2.22. The molecule has 1 fully saturated rings. The number of carbonyl (C=O) groups is 1. The molecule has 24 heavy (non-hydrogen) atoms. The first-order chi connectivity index (χ1) is 11.5. The summed E-state index contributed by atoms with van der Waals surface area (Å²) in [7, 11) is 0. The van der Waals surface area contributed by atoms with Gasteiger partial charge in [-0.3, -0.25) is 10.1 Å². The number of amides is 1. The van der Waals surface area contributed by atoms with Crippen LogP contribution in [-0.2, 0) is 9.47 Å². The zero-order valence-electron chi connectivity index (χ0n) is 13.9. The largest absolute Gasteiger partial charge is 0.465 e. The van der Waals surface area contributed by atoms with Gasteiger partial charge in [0.05, 0.1) is 29.3 Å². The van der Waals surface area contributed by atoms with Crippen molar-refractivity contribution >= 4 is 35.1 Å². The van der Waals surface area contributed by atoms with Crippen molar-refractivity contribution in [1.82, 2.24) is 5.32 Å². The number of aliphatic imine (C=N–C) groups is 1. The summed E-state index contributed by atoms with van der Waals surface area (Å²) in [6.07, 6.45) is 2.10. The number of hydrogen-bond donors (Lipinski definition) is 1. The molecule has 0 aromatic heterocycles. The molecule has 0 aliphatic carbocycles. The summed E-state index contributed by atoms with van der Waals surface area (Å²) in [6, 6.07) is 4.90. The standard InChI is InChI=1S/C17H22Cl2N2O3/c1-11(2)10-24-17(20-9-13-4-3-7-23-13)21-16(22)12-5-6-14(18)15(19)8-12/h5-6,8,11,13H,3-4,7,9-10H2,1-2H3,(H,20,21,22). The lowest BCUT2D eigenvalue weighted by Crippen LogP contribution is -2.34. The average molecular weight is 373 g/mol. The molecule has 1 aromatic carbocycles. The van der Waals surface area contributed by atoms with Gasteiger partial charge in [0.15, 0.2) is 0 Å². The highest BCUT2D eigenvalue weighted by Gasteiger charge is 2.17. The monoisotopic (exact) mass is 372 g/mol. The first-order valence-electron chi connectivity index (χ1n) is 8.01. The Morgan fingerprint density at radius 3 is 2.83 bits per heavy atom. The molecule has 1 amide bonds. The highest BCUT2D eigenvalue weighted by atomic mass is 35.5. The van der Waals surface area contributed by atoms with Gasteiger partial charge in [0.1, 0.15) is 0 Å². The lowest BCUT2D eigenvalue weighted by atomic mass is 10.2. The predicted molar refractivity (Wildman–Crippen MR) is 96.0 cm³/mol. The smallest absolute Gasteiger partial charge is 0.291 e. The fourth-order valence-electron chi connectivity index (χ4n) is 2.15. The molecule has 1 heterocycles. The lowest BCUT2D eigenvalue weighted by Gasteiger charge is -2.14. The molecule has 1 unspecified atom stereocenters. The van der Waals surface area contributed by atoms with E-state index in [1.54, 1.807) is 12.1 Å². The predicted octanol–water partition coefficient (Wildman–Crippen LogP) is 3.93. The van der Waals surface area contributed by atoms with Crippen LogP contribution in [0.5, 0.6) is 0 Å². The number of rotatable bonds is 5. The van der Waals surface area contributed by atoms with Crippen molar-refractivity contribution in [1.29, 1.82) is 0 Å². The second-order valence-electron chi connectivity index (χ2n) is 6.07. The maximum Gasteiger partial charge on any atom is 0.291 e. The molecular formula is C17H22Cl2N2O3. The van der Waals surface area contributed by atoms with Gasteiger partial charge >= 0.3 is 0 Å². The van der Waals surface area contributed by atoms with Gasteiger partial charge in [0.2, 0.25) is 0 Å². The molecule has 2 rings (SSSR count). The van der Waals surface area contributed by atoms with Crippen LogP contribution >= 0.6 is 23.2 Å². The number of amidine groups is 1. The molecule has 1 aliphatic heterocycles. The van der Waals surface area contributed by atoms with Crippen LogP contribution in [0.3, 0.4) is 0 Å². The zero-order chi connectivity index (χ0) is 17.5. The van der Waals surface area contributed by atoms with E-state index in [0.717, 1.165) is 19.4 Å². The summed E-state index contributed by atoms with van der Waals surface area (Å²) in [5.74, 6) is -0.0248. The topological polar surface area (TPSA) is 59.9 Å². The quantitative estimate of drug-likeness (QED) is 0.629. The SMILES string of the molecule is CC(C)COC(=NCC1CCCO1)NC(=O)c1ccc(Cl)c(Cl)c1. The highest BCUT2D eigenvalue weighted by molar-refractivity contribution is 6.42. The molecule has 5 nitrogen and oxygen atoms in total. The molecular weight excluding hydrogens is 351 g/mol. The molecule has 0 spiro atoms. The second-order valence-corrected chi connectivity index (χ2v) is 6.88. The summed E-state index contributed by atoms with van der Waals surface area (Å²) < 4.78 is 11.2. The normalized spacial score (nSPS) is 18.0. The molecule has 1 aliphatic rings. The number of halogens is 2. The van der Waals surface area contributed by atoms with Crippen molar-refractivity contribution in [2.24, 2.45) is 10.9 Å². The maximum atomic E-state index is 12.4. The van der Waals surface area contributed by atoms with Crippen LogP contribution in [0.4, 0.5) is 0 Å². The van der Waals surface area contributed by atoms with E-state index in [4.69, 9.17) is 32.7 Å². The third-order valence-electron chi connectivity index (χ3n) is 3.42. The van der Waals surface area contributed by atoms with Crippen LogP contribution in [-0.4, -0.2) is 37.8 Å². The minimum absolute atomic E-state index is 0.0875. The van der Waals surface area contributed by atoms with Crippen molar-refractivity contribution in [2.75, 3.05) is 19.8 Å². The number of ether oxygens (including phenoxy) is 2. The Bertz CT molecular complexity index is 599. The Labute approximate surface area is 152 Å². The number of hydrogen-bond acceptors (Lipinski definition) is 4. The van der Waals surface area contributed by atoms with Crippen molar-refractivity contribution < 1.29 is 14.3 Å². The molecule has 7 heteroatoms. The van der Waals surface area contributed by atoms with E-state index in [1.807, 2.05) is 13.8 Å². The fourth-order valence-corrected chi connectivity index (χ4v) is 2.44. The van der Waals surface area contributed by atoms with Crippen molar-refractivity contribution in [3.63, 3.8) is 0 Å². The maximum absolute atomic E-state index is 12.4. The van der Waals surface area contributed by atoms with Gasteiger partial charge in [0, 0.05) is 12.2 Å². The summed E-state index contributed by atoms with van der Waals surface area (Å²) in [5.41, 5.74) is 0.391. The first kappa shape index (κ1) is 19.0. The first-order valence-corrected chi connectivity index (χ1v) is 8.76. The van der Waals surface area contributed by atoms with Crippen LogP contribution in [0.25, 0.3) is 0 Å². The van der Waals surface area contributed by atoms with E-state index in [2.05, 4.69) is 10.3 Å². The number of carbonyl (C=O) groups excluding carboxylic acids is 1. The van der Waals surface area contributed by atoms with Gasteiger partial charge < -0.3 is 9.47 Å². The van der Waals surface area contributed by atoms with Gasteiger partial charge in [-0.25, -0.2) is 4.99 Å². The van der Waals surface area contributed by atoms with Crippen LogP contribution < -0.4 is 5.32 Å². The van der Waals surface area contributed by atoms with E-state index >= 15 is 0 Å². The van der Waals surface area contributed by atoms with Crippen molar-refractivity contribution in [3.05, 3.63) is 33.8 Å². The number of nitrogens with zero attached hydrogens (tertiary/aromatic N) is 1. The van der Waals surface area contributed by atoms with Gasteiger partial charge in [-0.15, -0.1) is 0 Å². The van der Waals surface area contributed by atoms with Crippen molar-refractivity contribution in [3.8, 4) is 0 Å². The van der Waals surface area contributed by atoms with Crippen LogP contribution in [0.2, 0.25) is 10.0 Å². The minimum Gasteiger partial charge on any atom is -0.465 e. The third-order valence-corrected chi connectivity index (χ3v) is 4.16. The molecule has 0 bridgehead atoms. The molecule has 0 radical (unpaired) electrons. The number of benzene rings is 1. The van der Waals surface area contributed by atoms with Gasteiger partial charge in [-0.05, 0) is 37.0 Å². The van der Waals surface area contributed by atoms with E-state index < -0.39 is 0 Å². The van der Waals surface area contributed by atoms with Crippen LogP contribution in [0.1, 0.15) is 37.0 Å². The fraction of sp³-hybridized carbons (Fsp3) is 0.529. The van der Waals surface area contributed by atoms with Crippen LogP contribution in [0.15, 0.2) is 23.2 Å². The zero-order valence-corrected chi connectivity index (χ0v) is 15.4. The number of nitrogens with one attached hydrogen (secondary N) is 1. The summed E-state index contributed by atoms with van der Waals surface area (Å²) >= 11 is 11.8. The molecule has 1 N–H and O–H groups in total. The van der Waals surface area contributed by atoms with Gasteiger partial charge in [-0.1, -0.05) is 37.0 Å².